The van der Waals surface area contributed by atoms with E-state index in [9.17, 15) is 0 Å². The molecule has 96 valence electrons. The van der Waals surface area contributed by atoms with E-state index in [1.165, 1.54) is 5.69 Å². The van der Waals surface area contributed by atoms with E-state index in [0.717, 1.165) is 23.7 Å². The number of hydrogen-bond donors (Lipinski definition) is 1. The highest BCUT2D eigenvalue weighted by molar-refractivity contribution is 6.31. The standard InChI is InChI=1S/C14H18ClN3/c1-3-18-10-16-8-12(18)9-17-11(2)13-6-4-5-7-14(13)15/h4-8,10-11,17H,3,9H2,1-2H3/t11-/m0/s1. The van der Waals surface area contributed by atoms with E-state index < -0.39 is 0 Å². The Balaban J connectivity index is 2.01. The molecule has 0 saturated carbocycles. The summed E-state index contributed by atoms with van der Waals surface area (Å²) in [4.78, 5) is 4.16. The molecule has 1 N–H and O–H groups in total. The van der Waals surface area contributed by atoms with Gasteiger partial charge in [-0.1, -0.05) is 29.8 Å². The molecule has 0 amide bonds. The second-order valence-electron chi connectivity index (χ2n) is 4.30. The van der Waals surface area contributed by atoms with Gasteiger partial charge >= 0.3 is 0 Å². The lowest BCUT2D eigenvalue weighted by atomic mass is 10.1. The van der Waals surface area contributed by atoms with Crippen molar-refractivity contribution in [3.05, 3.63) is 53.1 Å². The van der Waals surface area contributed by atoms with Crippen LogP contribution in [0.25, 0.3) is 0 Å². The van der Waals surface area contributed by atoms with Crippen molar-refractivity contribution >= 4 is 11.6 Å². The van der Waals surface area contributed by atoms with Gasteiger partial charge in [-0.2, -0.15) is 0 Å². The molecule has 1 aromatic heterocycles. The number of nitrogens with zero attached hydrogens (tertiary/aromatic N) is 2. The van der Waals surface area contributed by atoms with Crippen molar-refractivity contribution in [3.63, 3.8) is 0 Å². The lowest BCUT2D eigenvalue weighted by Crippen LogP contribution is -2.20. The molecule has 0 saturated heterocycles. The molecule has 1 atom stereocenters. The molecular formula is C14H18ClN3. The highest BCUT2D eigenvalue weighted by atomic mass is 35.5. The molecule has 0 aliphatic carbocycles. The highest BCUT2D eigenvalue weighted by Crippen LogP contribution is 2.22. The van der Waals surface area contributed by atoms with E-state index in [1.54, 1.807) is 0 Å². The van der Waals surface area contributed by atoms with Gasteiger partial charge in [-0.3, -0.25) is 0 Å². The first-order valence-electron chi connectivity index (χ1n) is 6.19. The van der Waals surface area contributed by atoms with Gasteiger partial charge in [0.1, 0.15) is 0 Å². The van der Waals surface area contributed by atoms with Crippen LogP contribution in [0.1, 0.15) is 31.1 Å². The van der Waals surface area contributed by atoms with Crippen molar-refractivity contribution in [1.82, 2.24) is 14.9 Å². The van der Waals surface area contributed by atoms with Crippen LogP contribution < -0.4 is 5.32 Å². The van der Waals surface area contributed by atoms with Crippen LogP contribution in [0.2, 0.25) is 5.02 Å². The van der Waals surface area contributed by atoms with Gasteiger partial charge in [0.25, 0.3) is 0 Å². The third-order valence-corrected chi connectivity index (χ3v) is 3.44. The fourth-order valence-corrected chi connectivity index (χ4v) is 2.27. The molecule has 0 bridgehead atoms. The molecule has 0 radical (unpaired) electrons. The van der Waals surface area contributed by atoms with Gasteiger partial charge in [0, 0.05) is 30.4 Å². The predicted octanol–water partition coefficient (Wildman–Crippen LogP) is 3.41. The molecule has 0 fully saturated rings. The Kier molecular flexibility index (Phi) is 4.39. The molecule has 0 aliphatic rings. The lowest BCUT2D eigenvalue weighted by molar-refractivity contribution is 0.550. The zero-order valence-corrected chi connectivity index (χ0v) is 11.5. The molecule has 4 heteroatoms. The third kappa shape index (κ3) is 2.92. The summed E-state index contributed by atoms with van der Waals surface area (Å²) in [5.41, 5.74) is 2.32. The number of halogens is 1. The van der Waals surface area contributed by atoms with Crippen molar-refractivity contribution in [2.24, 2.45) is 0 Å². The minimum Gasteiger partial charge on any atom is -0.334 e. The molecule has 2 rings (SSSR count). The summed E-state index contributed by atoms with van der Waals surface area (Å²) in [6.07, 6.45) is 3.76. The average molecular weight is 264 g/mol. The average Bonchev–Trinajstić information content (AvgIpc) is 2.84. The third-order valence-electron chi connectivity index (χ3n) is 3.10. The fourth-order valence-electron chi connectivity index (χ4n) is 1.97. The van der Waals surface area contributed by atoms with Crippen molar-refractivity contribution < 1.29 is 0 Å². The van der Waals surface area contributed by atoms with Crippen LogP contribution in [0.5, 0.6) is 0 Å². The Labute approximate surface area is 113 Å². The van der Waals surface area contributed by atoms with Gasteiger partial charge in [0.15, 0.2) is 0 Å². The van der Waals surface area contributed by atoms with Crippen molar-refractivity contribution in [3.8, 4) is 0 Å². The van der Waals surface area contributed by atoms with Gasteiger partial charge in [0.05, 0.1) is 12.0 Å². The molecule has 0 unspecified atom stereocenters. The first-order valence-corrected chi connectivity index (χ1v) is 6.57. The van der Waals surface area contributed by atoms with Crippen LogP contribution in [-0.4, -0.2) is 9.55 Å². The number of aryl methyl sites for hydroxylation is 1. The second-order valence-corrected chi connectivity index (χ2v) is 4.70. The van der Waals surface area contributed by atoms with Gasteiger partial charge in [-0.05, 0) is 25.5 Å². The largest absolute Gasteiger partial charge is 0.334 e. The number of rotatable bonds is 5. The molecule has 2 aromatic rings. The Hall–Kier alpha value is -1.32. The topological polar surface area (TPSA) is 29.9 Å². The van der Waals surface area contributed by atoms with Gasteiger partial charge < -0.3 is 9.88 Å². The minimum absolute atomic E-state index is 0.221. The summed E-state index contributed by atoms with van der Waals surface area (Å²) in [5, 5.41) is 4.28. The smallest absolute Gasteiger partial charge is 0.0948 e. The van der Waals surface area contributed by atoms with E-state index >= 15 is 0 Å². The Bertz CT molecular complexity index is 507. The van der Waals surface area contributed by atoms with Crippen LogP contribution in [0, 0.1) is 0 Å². The molecule has 0 spiro atoms. The molecule has 1 heterocycles. The summed E-state index contributed by atoms with van der Waals surface area (Å²) in [6, 6.07) is 8.15. The predicted molar refractivity (Wildman–Crippen MR) is 74.6 cm³/mol. The number of benzene rings is 1. The summed E-state index contributed by atoms with van der Waals surface area (Å²) in [7, 11) is 0. The van der Waals surface area contributed by atoms with Gasteiger partial charge in [0.2, 0.25) is 0 Å². The second kappa shape index (κ2) is 6.03. The van der Waals surface area contributed by atoms with E-state index in [1.807, 2.05) is 30.7 Å². The molecule has 1 aromatic carbocycles. The van der Waals surface area contributed by atoms with E-state index in [2.05, 4.69) is 34.8 Å². The summed E-state index contributed by atoms with van der Waals surface area (Å²) in [6.45, 7) is 5.97. The maximum Gasteiger partial charge on any atom is 0.0948 e. The maximum absolute atomic E-state index is 6.18. The summed E-state index contributed by atoms with van der Waals surface area (Å²) >= 11 is 6.18. The molecule has 0 aliphatic heterocycles. The van der Waals surface area contributed by atoms with Crippen LogP contribution in [0.15, 0.2) is 36.8 Å². The number of aromatic nitrogens is 2. The minimum atomic E-state index is 0.221. The van der Waals surface area contributed by atoms with Crippen LogP contribution in [0.4, 0.5) is 0 Å². The molecular weight excluding hydrogens is 246 g/mol. The van der Waals surface area contributed by atoms with Crippen LogP contribution in [-0.2, 0) is 13.1 Å². The van der Waals surface area contributed by atoms with Gasteiger partial charge in [-0.25, -0.2) is 4.98 Å². The van der Waals surface area contributed by atoms with Crippen LogP contribution in [0.3, 0.4) is 0 Å². The zero-order chi connectivity index (χ0) is 13.0. The van der Waals surface area contributed by atoms with E-state index in [0.29, 0.717) is 0 Å². The van der Waals surface area contributed by atoms with Crippen LogP contribution >= 0.6 is 11.6 Å². The molecule has 18 heavy (non-hydrogen) atoms. The number of nitrogens with one attached hydrogen (secondary N) is 1. The number of hydrogen-bond acceptors (Lipinski definition) is 2. The van der Waals surface area contributed by atoms with Crippen molar-refractivity contribution in [2.75, 3.05) is 0 Å². The van der Waals surface area contributed by atoms with E-state index in [-0.39, 0.29) is 6.04 Å². The Morgan fingerprint density at radius 3 is 2.89 bits per heavy atom. The Morgan fingerprint density at radius 1 is 1.39 bits per heavy atom. The Morgan fingerprint density at radius 2 is 2.17 bits per heavy atom. The normalized spacial score (nSPS) is 12.6. The SMILES string of the molecule is CCn1cncc1CN[C@@H](C)c1ccccc1Cl. The highest BCUT2D eigenvalue weighted by Gasteiger charge is 2.09. The first kappa shape index (κ1) is 13.1. The van der Waals surface area contributed by atoms with Crippen molar-refractivity contribution in [2.45, 2.75) is 33.0 Å². The zero-order valence-electron chi connectivity index (χ0n) is 10.7. The lowest BCUT2D eigenvalue weighted by Gasteiger charge is -2.16. The van der Waals surface area contributed by atoms with Crippen molar-refractivity contribution in [1.29, 1.82) is 0 Å². The quantitative estimate of drug-likeness (QED) is 0.896. The number of imidazole rings is 1. The summed E-state index contributed by atoms with van der Waals surface area (Å²) in [5.74, 6) is 0. The maximum atomic E-state index is 6.18. The molecule has 3 nitrogen and oxygen atoms in total. The van der Waals surface area contributed by atoms with E-state index in [4.69, 9.17) is 11.6 Å². The fraction of sp³-hybridized carbons (Fsp3) is 0.357. The summed E-state index contributed by atoms with van der Waals surface area (Å²) < 4.78 is 2.13. The van der Waals surface area contributed by atoms with Gasteiger partial charge in [-0.15, -0.1) is 0 Å². The first-order chi connectivity index (χ1) is 8.72. The monoisotopic (exact) mass is 263 g/mol.